The van der Waals surface area contributed by atoms with Crippen molar-refractivity contribution < 1.29 is 17.9 Å². The summed E-state index contributed by atoms with van der Waals surface area (Å²) in [5.41, 5.74) is 2.43. The number of hydrogen-bond donors (Lipinski definition) is 1. The highest BCUT2D eigenvalue weighted by atomic mass is 32.2. The Balaban J connectivity index is 1.84. The van der Waals surface area contributed by atoms with E-state index in [9.17, 15) is 13.2 Å². The van der Waals surface area contributed by atoms with E-state index in [0.29, 0.717) is 18.2 Å². The van der Waals surface area contributed by atoms with E-state index < -0.39 is 15.9 Å². The summed E-state index contributed by atoms with van der Waals surface area (Å²) in [6.07, 6.45) is 0. The standard InChI is InChI=1S/C27H32N2O4S/c1-5-33-25-17-13-23(14-18-25)21(4)28-27(30)19-29(24-15-11-22(12-16-24)20(2)3)34(31,32)26-9-7-6-8-10-26/h6-18,20-21H,5,19H2,1-4H3,(H,28,30)/t21-/m0/s1. The van der Waals surface area contributed by atoms with Gasteiger partial charge in [-0.05, 0) is 67.3 Å². The number of carbonyl (C=O) groups excluding carboxylic acids is 1. The van der Waals surface area contributed by atoms with E-state index in [1.54, 1.807) is 30.3 Å². The molecule has 3 rings (SSSR count). The summed E-state index contributed by atoms with van der Waals surface area (Å²) in [5.74, 6) is 0.676. The summed E-state index contributed by atoms with van der Waals surface area (Å²) < 4.78 is 33.6. The molecule has 6 nitrogen and oxygen atoms in total. The number of benzene rings is 3. The highest BCUT2D eigenvalue weighted by molar-refractivity contribution is 7.92. The maximum absolute atomic E-state index is 13.5. The van der Waals surface area contributed by atoms with E-state index in [2.05, 4.69) is 19.2 Å². The number of anilines is 1. The van der Waals surface area contributed by atoms with Crippen molar-refractivity contribution in [2.75, 3.05) is 17.5 Å². The Morgan fingerprint density at radius 3 is 2.03 bits per heavy atom. The summed E-state index contributed by atoms with van der Waals surface area (Å²) in [5, 5.41) is 2.92. The van der Waals surface area contributed by atoms with E-state index in [4.69, 9.17) is 4.74 Å². The molecule has 180 valence electrons. The van der Waals surface area contributed by atoms with Crippen molar-refractivity contribution in [3.63, 3.8) is 0 Å². The number of nitrogens with zero attached hydrogens (tertiary/aromatic N) is 1. The van der Waals surface area contributed by atoms with Crippen LogP contribution in [0.4, 0.5) is 5.69 Å². The predicted molar refractivity (Wildman–Crippen MR) is 136 cm³/mol. The largest absolute Gasteiger partial charge is 0.494 e. The van der Waals surface area contributed by atoms with Crippen molar-refractivity contribution in [1.82, 2.24) is 5.32 Å². The Morgan fingerprint density at radius 2 is 1.47 bits per heavy atom. The van der Waals surface area contributed by atoms with Gasteiger partial charge in [-0.15, -0.1) is 0 Å². The van der Waals surface area contributed by atoms with Crippen molar-refractivity contribution >= 4 is 21.6 Å². The second kappa shape index (κ2) is 11.2. The zero-order valence-corrected chi connectivity index (χ0v) is 20.9. The average molecular weight is 481 g/mol. The molecule has 0 aliphatic rings. The van der Waals surface area contributed by atoms with Gasteiger partial charge in [0.2, 0.25) is 5.91 Å². The Labute approximate surface area is 202 Å². The van der Waals surface area contributed by atoms with E-state index in [-0.39, 0.29) is 17.5 Å². The lowest BCUT2D eigenvalue weighted by atomic mass is 10.0. The molecule has 3 aromatic carbocycles. The molecule has 0 radical (unpaired) electrons. The minimum Gasteiger partial charge on any atom is -0.494 e. The molecule has 0 bridgehead atoms. The van der Waals surface area contributed by atoms with Gasteiger partial charge >= 0.3 is 0 Å². The minimum atomic E-state index is -3.94. The molecule has 0 aromatic heterocycles. The monoisotopic (exact) mass is 480 g/mol. The Bertz CT molecular complexity index is 1180. The zero-order valence-electron chi connectivity index (χ0n) is 20.1. The minimum absolute atomic E-state index is 0.135. The summed E-state index contributed by atoms with van der Waals surface area (Å²) in [7, 11) is -3.94. The van der Waals surface area contributed by atoms with Crippen molar-refractivity contribution in [3.05, 3.63) is 90.0 Å². The molecule has 0 fully saturated rings. The summed E-state index contributed by atoms with van der Waals surface area (Å²) in [6.45, 7) is 8.17. The molecule has 1 atom stereocenters. The van der Waals surface area contributed by atoms with Gasteiger partial charge in [-0.1, -0.05) is 56.3 Å². The molecule has 3 aromatic rings. The van der Waals surface area contributed by atoms with Gasteiger partial charge in [-0.2, -0.15) is 0 Å². The molecule has 0 aliphatic heterocycles. The second-order valence-electron chi connectivity index (χ2n) is 8.36. The van der Waals surface area contributed by atoms with Crippen molar-refractivity contribution in [2.45, 2.75) is 44.6 Å². The molecule has 0 spiro atoms. The van der Waals surface area contributed by atoms with Crippen LogP contribution in [0.1, 0.15) is 50.8 Å². The second-order valence-corrected chi connectivity index (χ2v) is 10.2. The molecule has 1 N–H and O–H groups in total. The Morgan fingerprint density at radius 1 is 0.882 bits per heavy atom. The van der Waals surface area contributed by atoms with E-state index in [1.807, 2.05) is 50.2 Å². The first-order chi connectivity index (χ1) is 16.2. The number of amides is 1. The summed E-state index contributed by atoms with van der Waals surface area (Å²) in [4.78, 5) is 13.1. The summed E-state index contributed by atoms with van der Waals surface area (Å²) >= 11 is 0. The van der Waals surface area contributed by atoms with E-state index in [0.717, 1.165) is 21.2 Å². The van der Waals surface area contributed by atoms with Crippen LogP contribution in [0.15, 0.2) is 83.8 Å². The van der Waals surface area contributed by atoms with E-state index in [1.165, 1.54) is 12.1 Å². The predicted octanol–water partition coefficient (Wildman–Crippen LogP) is 5.28. The first kappa shape index (κ1) is 25.3. The SMILES string of the molecule is CCOc1ccc([C@H](C)NC(=O)CN(c2ccc(C(C)C)cc2)S(=O)(=O)c2ccccc2)cc1. The Kier molecular flexibility index (Phi) is 8.34. The summed E-state index contributed by atoms with van der Waals surface area (Å²) in [6, 6.07) is 22.6. The topological polar surface area (TPSA) is 75.7 Å². The molecule has 7 heteroatoms. The fourth-order valence-electron chi connectivity index (χ4n) is 3.58. The van der Waals surface area contributed by atoms with Crippen LogP contribution in [0.3, 0.4) is 0 Å². The molecule has 1 amide bonds. The third kappa shape index (κ3) is 6.17. The van der Waals surface area contributed by atoms with Crippen LogP contribution in [0, 0.1) is 0 Å². The van der Waals surface area contributed by atoms with Gasteiger partial charge in [0.05, 0.1) is 23.2 Å². The Hall–Kier alpha value is -3.32. The molecule has 0 heterocycles. The van der Waals surface area contributed by atoms with Crippen LogP contribution in [-0.4, -0.2) is 27.5 Å². The van der Waals surface area contributed by atoms with Gasteiger partial charge in [0.15, 0.2) is 0 Å². The normalized spacial score (nSPS) is 12.3. The smallest absolute Gasteiger partial charge is 0.264 e. The van der Waals surface area contributed by atoms with Gasteiger partial charge in [0, 0.05) is 0 Å². The number of hydrogen-bond acceptors (Lipinski definition) is 4. The lowest BCUT2D eigenvalue weighted by Crippen LogP contribution is -2.41. The third-order valence-electron chi connectivity index (χ3n) is 5.53. The average Bonchev–Trinajstić information content (AvgIpc) is 2.83. The van der Waals surface area contributed by atoms with Crippen LogP contribution in [0.25, 0.3) is 0 Å². The quantitative estimate of drug-likeness (QED) is 0.428. The first-order valence-corrected chi connectivity index (χ1v) is 12.9. The van der Waals surface area contributed by atoms with Gasteiger partial charge in [0.1, 0.15) is 12.3 Å². The molecule has 0 saturated heterocycles. The lowest BCUT2D eigenvalue weighted by molar-refractivity contribution is -0.120. The third-order valence-corrected chi connectivity index (χ3v) is 7.32. The molecule has 0 unspecified atom stereocenters. The number of carbonyl (C=O) groups is 1. The lowest BCUT2D eigenvalue weighted by Gasteiger charge is -2.25. The highest BCUT2D eigenvalue weighted by Gasteiger charge is 2.27. The maximum Gasteiger partial charge on any atom is 0.264 e. The van der Waals surface area contributed by atoms with Crippen LogP contribution >= 0.6 is 0 Å². The number of sulfonamides is 1. The fraction of sp³-hybridized carbons (Fsp3) is 0.296. The van der Waals surface area contributed by atoms with Crippen LogP contribution in [0.5, 0.6) is 5.75 Å². The van der Waals surface area contributed by atoms with Crippen LogP contribution in [-0.2, 0) is 14.8 Å². The zero-order chi connectivity index (χ0) is 24.7. The van der Waals surface area contributed by atoms with E-state index >= 15 is 0 Å². The highest BCUT2D eigenvalue weighted by Crippen LogP contribution is 2.26. The van der Waals surface area contributed by atoms with Crippen molar-refractivity contribution in [1.29, 1.82) is 0 Å². The van der Waals surface area contributed by atoms with Crippen molar-refractivity contribution in [2.24, 2.45) is 0 Å². The van der Waals surface area contributed by atoms with Crippen LogP contribution in [0.2, 0.25) is 0 Å². The molecular formula is C27H32N2O4S. The van der Waals surface area contributed by atoms with Gasteiger partial charge in [0.25, 0.3) is 10.0 Å². The van der Waals surface area contributed by atoms with Gasteiger partial charge in [-0.3, -0.25) is 9.10 Å². The van der Waals surface area contributed by atoms with Crippen molar-refractivity contribution in [3.8, 4) is 5.75 Å². The number of ether oxygens (including phenoxy) is 1. The van der Waals surface area contributed by atoms with Gasteiger partial charge in [-0.25, -0.2) is 8.42 Å². The molecule has 0 saturated carbocycles. The maximum atomic E-state index is 13.5. The number of rotatable bonds is 10. The molecular weight excluding hydrogens is 448 g/mol. The molecule has 0 aliphatic carbocycles. The fourth-order valence-corrected chi connectivity index (χ4v) is 5.02. The van der Waals surface area contributed by atoms with Crippen LogP contribution < -0.4 is 14.4 Å². The van der Waals surface area contributed by atoms with Gasteiger partial charge < -0.3 is 10.1 Å². The first-order valence-electron chi connectivity index (χ1n) is 11.4. The number of nitrogens with one attached hydrogen (secondary N) is 1. The molecule has 34 heavy (non-hydrogen) atoms.